The van der Waals surface area contributed by atoms with Crippen molar-refractivity contribution in [2.24, 2.45) is 5.73 Å². The van der Waals surface area contributed by atoms with Crippen LogP contribution in [0.4, 0.5) is 5.00 Å². The fourth-order valence-corrected chi connectivity index (χ4v) is 4.79. The molecule has 1 saturated carbocycles. The van der Waals surface area contributed by atoms with Crippen molar-refractivity contribution in [1.29, 1.82) is 0 Å². The molecule has 0 aromatic carbocycles. The summed E-state index contributed by atoms with van der Waals surface area (Å²) in [4.78, 5) is 31.2. The lowest BCUT2D eigenvalue weighted by molar-refractivity contribution is 0.100. The first kappa shape index (κ1) is 20.5. The Morgan fingerprint density at radius 3 is 2.47 bits per heavy atom. The summed E-state index contributed by atoms with van der Waals surface area (Å²) in [6.45, 7) is 11.9. The van der Waals surface area contributed by atoms with Gasteiger partial charge in [-0.3, -0.25) is 9.59 Å². The summed E-state index contributed by atoms with van der Waals surface area (Å²) < 4.78 is 1.90. The van der Waals surface area contributed by atoms with Crippen LogP contribution in [-0.2, 0) is 5.54 Å². The third-order valence-corrected chi connectivity index (χ3v) is 6.69. The maximum absolute atomic E-state index is 13.4. The van der Waals surface area contributed by atoms with Crippen LogP contribution in [0.25, 0.3) is 11.0 Å². The van der Waals surface area contributed by atoms with Crippen molar-refractivity contribution in [3.05, 3.63) is 39.0 Å². The number of carbonyl (C=O) groups is 2. The van der Waals surface area contributed by atoms with Crippen LogP contribution < -0.4 is 11.1 Å². The maximum atomic E-state index is 13.4. The number of thiophene rings is 1. The molecule has 7 nitrogen and oxygen atoms in total. The molecule has 3 heterocycles. The largest absolute Gasteiger partial charge is 0.365 e. The van der Waals surface area contributed by atoms with E-state index in [4.69, 9.17) is 15.8 Å². The lowest BCUT2D eigenvalue weighted by atomic mass is 10.1. The molecule has 1 aliphatic rings. The minimum absolute atomic E-state index is 0.267. The number of pyridine rings is 1. The Morgan fingerprint density at radius 2 is 1.90 bits per heavy atom. The van der Waals surface area contributed by atoms with E-state index in [9.17, 15) is 9.59 Å². The number of carbonyl (C=O) groups excluding carboxylic acids is 2. The van der Waals surface area contributed by atoms with Crippen molar-refractivity contribution in [2.75, 3.05) is 5.32 Å². The molecule has 3 aromatic heterocycles. The molecule has 8 heteroatoms. The molecular weight excluding hydrogens is 398 g/mol. The van der Waals surface area contributed by atoms with Gasteiger partial charge in [0.1, 0.15) is 5.00 Å². The van der Waals surface area contributed by atoms with Crippen molar-refractivity contribution in [1.82, 2.24) is 14.8 Å². The molecule has 0 unspecified atom stereocenters. The topological polar surface area (TPSA) is 103 Å². The number of fused-ring (bicyclic) bond motifs is 1. The second kappa shape index (κ2) is 6.91. The SMILES string of the molecule is Cc1sc(NC(=O)c2cc(C3CC3)nc3c2c(C)nn3C(C)(C)C)c(C(N)=O)c1C. The van der Waals surface area contributed by atoms with E-state index in [-0.39, 0.29) is 11.4 Å². The highest BCUT2D eigenvalue weighted by atomic mass is 32.1. The van der Waals surface area contributed by atoms with Crippen LogP contribution in [0, 0.1) is 20.8 Å². The molecule has 0 saturated heterocycles. The zero-order chi connectivity index (χ0) is 22.0. The first-order chi connectivity index (χ1) is 14.0. The Bertz CT molecular complexity index is 1190. The number of hydrogen-bond acceptors (Lipinski definition) is 5. The number of nitrogens with two attached hydrogens (primary N) is 1. The average Bonchev–Trinajstić information content (AvgIpc) is 3.38. The van der Waals surface area contributed by atoms with E-state index < -0.39 is 5.91 Å². The zero-order valence-electron chi connectivity index (χ0n) is 18.2. The van der Waals surface area contributed by atoms with Crippen LogP contribution in [0.1, 0.15) is 82.1 Å². The van der Waals surface area contributed by atoms with Crippen molar-refractivity contribution in [2.45, 2.75) is 65.8 Å². The van der Waals surface area contributed by atoms with E-state index >= 15 is 0 Å². The molecule has 3 N–H and O–H groups in total. The molecule has 1 aliphatic carbocycles. The number of nitrogens with zero attached hydrogens (tertiary/aromatic N) is 3. The molecule has 3 aromatic rings. The second-order valence-corrected chi connectivity index (χ2v) is 10.3. The average molecular weight is 426 g/mol. The minimum Gasteiger partial charge on any atom is -0.365 e. The van der Waals surface area contributed by atoms with Crippen LogP contribution >= 0.6 is 11.3 Å². The van der Waals surface area contributed by atoms with Crippen LogP contribution in [0.5, 0.6) is 0 Å². The molecule has 0 spiro atoms. The Balaban J connectivity index is 1.86. The zero-order valence-corrected chi connectivity index (χ0v) is 19.0. The first-order valence-corrected chi connectivity index (χ1v) is 10.9. The van der Waals surface area contributed by atoms with Crippen molar-refractivity contribution < 1.29 is 9.59 Å². The van der Waals surface area contributed by atoms with Crippen LogP contribution in [0.3, 0.4) is 0 Å². The lowest BCUT2D eigenvalue weighted by Gasteiger charge is -2.20. The molecule has 158 valence electrons. The fourth-order valence-electron chi connectivity index (χ4n) is 3.73. The number of anilines is 1. The smallest absolute Gasteiger partial charge is 0.257 e. The summed E-state index contributed by atoms with van der Waals surface area (Å²) in [5.74, 6) is -0.427. The maximum Gasteiger partial charge on any atom is 0.257 e. The summed E-state index contributed by atoms with van der Waals surface area (Å²) in [6, 6.07) is 1.88. The number of amides is 2. The lowest BCUT2D eigenvalue weighted by Crippen LogP contribution is -2.24. The van der Waals surface area contributed by atoms with Gasteiger partial charge >= 0.3 is 0 Å². The molecular formula is C22H27N5O2S. The highest BCUT2D eigenvalue weighted by Gasteiger charge is 2.31. The predicted octanol–water partition coefficient (Wildman–Crippen LogP) is 4.40. The third-order valence-electron chi connectivity index (χ3n) is 5.57. The number of hydrogen-bond donors (Lipinski definition) is 2. The van der Waals surface area contributed by atoms with Crippen LogP contribution in [0.15, 0.2) is 6.07 Å². The standard InChI is InChI=1S/C22H27N5O2S/c1-10-12(3)30-21(16(10)18(23)28)25-20(29)14-9-15(13-7-8-13)24-19-17(14)11(2)26-27(19)22(4,5)6/h9,13H,7-8H2,1-6H3,(H2,23,28)(H,25,29). The monoisotopic (exact) mass is 425 g/mol. The van der Waals surface area contributed by atoms with E-state index in [2.05, 4.69) is 26.1 Å². The Hall–Kier alpha value is -2.74. The van der Waals surface area contributed by atoms with Gasteiger partial charge in [0.15, 0.2) is 5.65 Å². The molecule has 0 bridgehead atoms. The quantitative estimate of drug-likeness (QED) is 0.646. The number of aromatic nitrogens is 3. The number of rotatable bonds is 4. The van der Waals surface area contributed by atoms with Crippen molar-refractivity contribution >= 4 is 39.2 Å². The summed E-state index contributed by atoms with van der Waals surface area (Å²) in [6.07, 6.45) is 2.16. The van der Waals surface area contributed by atoms with E-state index in [0.717, 1.165) is 45.7 Å². The summed E-state index contributed by atoms with van der Waals surface area (Å²) in [5.41, 5.74) is 9.43. The minimum atomic E-state index is -0.539. The van der Waals surface area contributed by atoms with Gasteiger partial charge in [-0.25, -0.2) is 9.67 Å². The van der Waals surface area contributed by atoms with Gasteiger partial charge in [-0.15, -0.1) is 11.3 Å². The molecule has 1 fully saturated rings. The van der Waals surface area contributed by atoms with Gasteiger partial charge in [-0.05, 0) is 66.0 Å². The second-order valence-electron chi connectivity index (χ2n) is 9.04. The number of primary amides is 1. The van der Waals surface area contributed by atoms with Gasteiger partial charge in [0.2, 0.25) is 0 Å². The molecule has 30 heavy (non-hydrogen) atoms. The van der Waals surface area contributed by atoms with Crippen LogP contribution in [-0.4, -0.2) is 26.6 Å². The van der Waals surface area contributed by atoms with Crippen LogP contribution in [0.2, 0.25) is 0 Å². The molecule has 0 aliphatic heterocycles. The molecule has 2 amide bonds. The summed E-state index contributed by atoms with van der Waals surface area (Å²) in [5, 5.41) is 8.87. The number of aryl methyl sites for hydroxylation is 2. The number of nitrogens with one attached hydrogen (secondary N) is 1. The van der Waals surface area contributed by atoms with E-state index in [0.29, 0.717) is 22.0 Å². The van der Waals surface area contributed by atoms with E-state index in [1.165, 1.54) is 11.3 Å². The summed E-state index contributed by atoms with van der Waals surface area (Å²) in [7, 11) is 0. The summed E-state index contributed by atoms with van der Waals surface area (Å²) >= 11 is 1.36. The van der Waals surface area contributed by atoms with E-state index in [1.54, 1.807) is 0 Å². The van der Waals surface area contributed by atoms with Gasteiger partial charge in [0, 0.05) is 16.5 Å². The normalized spacial score (nSPS) is 14.3. The highest BCUT2D eigenvalue weighted by molar-refractivity contribution is 7.16. The molecule has 0 atom stereocenters. The Kier molecular flexibility index (Phi) is 4.73. The fraction of sp³-hybridized carbons (Fsp3) is 0.455. The van der Waals surface area contributed by atoms with Gasteiger partial charge in [0.05, 0.1) is 27.7 Å². The highest BCUT2D eigenvalue weighted by Crippen LogP contribution is 2.41. The van der Waals surface area contributed by atoms with E-state index in [1.807, 2.05) is 31.5 Å². The molecule has 4 rings (SSSR count). The Labute approximate surface area is 179 Å². The first-order valence-electron chi connectivity index (χ1n) is 10.1. The van der Waals surface area contributed by atoms with Crippen molar-refractivity contribution in [3.8, 4) is 0 Å². The van der Waals surface area contributed by atoms with Gasteiger partial charge in [0.25, 0.3) is 11.8 Å². The Morgan fingerprint density at radius 1 is 1.23 bits per heavy atom. The van der Waals surface area contributed by atoms with Crippen molar-refractivity contribution in [3.63, 3.8) is 0 Å². The third kappa shape index (κ3) is 3.39. The van der Waals surface area contributed by atoms with Gasteiger partial charge in [-0.1, -0.05) is 0 Å². The molecule has 0 radical (unpaired) electrons. The van der Waals surface area contributed by atoms with Gasteiger partial charge < -0.3 is 11.1 Å². The predicted molar refractivity (Wildman–Crippen MR) is 120 cm³/mol. The van der Waals surface area contributed by atoms with Gasteiger partial charge in [-0.2, -0.15) is 5.10 Å².